The van der Waals surface area contributed by atoms with Crippen molar-refractivity contribution in [3.05, 3.63) is 46.1 Å². The molecular weight excluding hydrogens is 375 g/mol. The molecule has 3 rings (SSSR count). The van der Waals surface area contributed by atoms with Gasteiger partial charge in [-0.2, -0.15) is 0 Å². The van der Waals surface area contributed by atoms with E-state index in [1.165, 1.54) is 0 Å². The van der Waals surface area contributed by atoms with Gasteiger partial charge in [-0.3, -0.25) is 4.79 Å². The molecule has 0 atom stereocenters. The Hall–Kier alpha value is -2.05. The minimum atomic E-state index is -0.235. The van der Waals surface area contributed by atoms with E-state index in [0.29, 0.717) is 34.0 Å². The van der Waals surface area contributed by atoms with E-state index in [0.717, 1.165) is 31.7 Å². The van der Waals surface area contributed by atoms with E-state index in [1.807, 2.05) is 6.07 Å². The number of hydrogen-bond acceptors (Lipinski definition) is 5. The summed E-state index contributed by atoms with van der Waals surface area (Å²) in [5.74, 6) is 1.71. The lowest BCUT2D eigenvalue weighted by Crippen LogP contribution is -2.36. The number of piperidine rings is 1. The van der Waals surface area contributed by atoms with Crippen LogP contribution >= 0.6 is 23.2 Å². The third-order valence-electron chi connectivity index (χ3n) is 4.37. The molecule has 0 spiro atoms. The Morgan fingerprint density at radius 3 is 2.46 bits per heavy atom. The van der Waals surface area contributed by atoms with Crippen LogP contribution in [-0.2, 0) is 0 Å². The summed E-state index contributed by atoms with van der Waals surface area (Å²) in [6.07, 6.45) is 1.99. The van der Waals surface area contributed by atoms with Crippen LogP contribution in [0.5, 0.6) is 5.75 Å². The summed E-state index contributed by atoms with van der Waals surface area (Å²) >= 11 is 12.0. The first-order valence-corrected chi connectivity index (χ1v) is 9.20. The number of carbonyl (C=O) groups is 1. The topological polar surface area (TPSA) is 67.4 Å². The molecule has 2 aromatic rings. The van der Waals surface area contributed by atoms with E-state index in [9.17, 15) is 4.79 Å². The van der Waals surface area contributed by atoms with Crippen LogP contribution in [0, 0.1) is 5.92 Å². The molecule has 8 heteroatoms. The van der Waals surface area contributed by atoms with Crippen molar-refractivity contribution in [2.45, 2.75) is 12.8 Å². The largest absolute Gasteiger partial charge is 0.493 e. The number of rotatable bonds is 5. The Morgan fingerprint density at radius 2 is 1.88 bits per heavy atom. The average Bonchev–Trinajstić information content (AvgIpc) is 2.65. The Bertz CT molecular complexity index is 742. The van der Waals surface area contributed by atoms with Crippen molar-refractivity contribution in [1.29, 1.82) is 0 Å². The maximum absolute atomic E-state index is 11.5. The first-order valence-electron chi connectivity index (χ1n) is 8.45. The minimum absolute atomic E-state index is 0.235. The van der Waals surface area contributed by atoms with Crippen LogP contribution in [0.3, 0.4) is 0 Å². The van der Waals surface area contributed by atoms with Gasteiger partial charge >= 0.3 is 0 Å². The molecule has 2 heterocycles. The van der Waals surface area contributed by atoms with Crippen LogP contribution < -0.4 is 15.0 Å². The number of nitrogens with one attached hydrogen (secondary N) is 1. The van der Waals surface area contributed by atoms with Crippen molar-refractivity contribution in [3.8, 4) is 5.75 Å². The number of anilines is 1. The number of aromatic nitrogens is 2. The summed E-state index contributed by atoms with van der Waals surface area (Å²) < 4.78 is 5.84. The molecule has 0 unspecified atom stereocenters. The fourth-order valence-corrected chi connectivity index (χ4v) is 3.40. The van der Waals surface area contributed by atoms with Gasteiger partial charge in [0, 0.05) is 30.2 Å². The van der Waals surface area contributed by atoms with E-state index in [1.54, 1.807) is 31.3 Å². The predicted molar refractivity (Wildman–Crippen MR) is 102 cm³/mol. The van der Waals surface area contributed by atoms with Crippen LogP contribution in [0.2, 0.25) is 10.0 Å². The first kappa shape index (κ1) is 18.7. The molecule has 1 saturated heterocycles. The summed E-state index contributed by atoms with van der Waals surface area (Å²) in [5.41, 5.74) is 0.319. The van der Waals surface area contributed by atoms with E-state index in [4.69, 9.17) is 27.9 Å². The number of ether oxygens (including phenoxy) is 1. The van der Waals surface area contributed by atoms with Crippen LogP contribution in [0.15, 0.2) is 30.3 Å². The summed E-state index contributed by atoms with van der Waals surface area (Å²) in [4.78, 5) is 13.7. The Kier molecular flexibility index (Phi) is 6.16. The third kappa shape index (κ3) is 4.77. The van der Waals surface area contributed by atoms with E-state index in [2.05, 4.69) is 20.4 Å². The highest BCUT2D eigenvalue weighted by molar-refractivity contribution is 6.34. The van der Waals surface area contributed by atoms with E-state index in [-0.39, 0.29) is 5.91 Å². The normalized spacial score (nSPS) is 15.0. The van der Waals surface area contributed by atoms with Crippen molar-refractivity contribution >= 4 is 34.9 Å². The molecule has 1 aromatic carbocycles. The third-order valence-corrected chi connectivity index (χ3v) is 4.81. The SMILES string of the molecule is CNC(=O)c1ccc(N2CCC(COc3cc(Cl)cc(Cl)c3)CC2)nn1. The highest BCUT2D eigenvalue weighted by Gasteiger charge is 2.21. The standard InChI is InChI=1S/C18H20Cl2N4O2/c1-21-18(25)16-2-3-17(23-22-16)24-6-4-12(5-7-24)11-26-15-9-13(19)8-14(20)10-15/h2-3,8-10,12H,4-7,11H2,1H3,(H,21,25). The molecule has 1 aliphatic heterocycles. The van der Waals surface area contributed by atoms with Crippen molar-refractivity contribution in [1.82, 2.24) is 15.5 Å². The first-order chi connectivity index (χ1) is 12.5. The van der Waals surface area contributed by atoms with Gasteiger partial charge in [0.25, 0.3) is 5.91 Å². The lowest BCUT2D eigenvalue weighted by Gasteiger charge is -2.32. The maximum Gasteiger partial charge on any atom is 0.271 e. The molecule has 26 heavy (non-hydrogen) atoms. The zero-order valence-corrected chi connectivity index (χ0v) is 15.9. The van der Waals surface area contributed by atoms with Gasteiger partial charge in [-0.15, -0.1) is 10.2 Å². The highest BCUT2D eigenvalue weighted by Crippen LogP contribution is 2.26. The molecule has 0 radical (unpaired) electrons. The molecular formula is C18H20Cl2N4O2. The zero-order chi connectivity index (χ0) is 18.5. The lowest BCUT2D eigenvalue weighted by atomic mass is 9.98. The van der Waals surface area contributed by atoms with Gasteiger partial charge in [-0.1, -0.05) is 23.2 Å². The quantitative estimate of drug-likeness (QED) is 0.840. The Morgan fingerprint density at radius 1 is 1.19 bits per heavy atom. The second-order valence-electron chi connectivity index (χ2n) is 6.20. The van der Waals surface area contributed by atoms with Gasteiger partial charge in [0.1, 0.15) is 5.75 Å². The van der Waals surface area contributed by atoms with Crippen molar-refractivity contribution in [2.75, 3.05) is 31.6 Å². The van der Waals surface area contributed by atoms with Crippen LogP contribution in [0.25, 0.3) is 0 Å². The molecule has 0 saturated carbocycles. The van der Waals surface area contributed by atoms with E-state index >= 15 is 0 Å². The molecule has 1 aromatic heterocycles. The smallest absolute Gasteiger partial charge is 0.271 e. The summed E-state index contributed by atoms with van der Waals surface area (Å²) in [5, 5.41) is 11.8. The number of hydrogen-bond donors (Lipinski definition) is 1. The predicted octanol–water partition coefficient (Wildman–Crippen LogP) is 3.44. The monoisotopic (exact) mass is 394 g/mol. The highest BCUT2D eigenvalue weighted by atomic mass is 35.5. The number of benzene rings is 1. The van der Waals surface area contributed by atoms with Crippen LogP contribution in [-0.4, -0.2) is 42.8 Å². The molecule has 1 N–H and O–H groups in total. The number of nitrogens with zero attached hydrogens (tertiary/aromatic N) is 3. The zero-order valence-electron chi connectivity index (χ0n) is 14.4. The van der Waals surface area contributed by atoms with Crippen molar-refractivity contribution in [2.24, 2.45) is 5.92 Å². The van der Waals surface area contributed by atoms with Gasteiger partial charge < -0.3 is 15.0 Å². The average molecular weight is 395 g/mol. The molecule has 1 fully saturated rings. The van der Waals surface area contributed by atoms with Crippen LogP contribution in [0.4, 0.5) is 5.82 Å². The van der Waals surface area contributed by atoms with Crippen LogP contribution in [0.1, 0.15) is 23.3 Å². The minimum Gasteiger partial charge on any atom is -0.493 e. The van der Waals surface area contributed by atoms with Gasteiger partial charge in [0.05, 0.1) is 6.61 Å². The molecule has 0 bridgehead atoms. The molecule has 0 aliphatic carbocycles. The Balaban J connectivity index is 1.50. The molecule has 1 aliphatic rings. The van der Waals surface area contributed by atoms with Crippen molar-refractivity contribution in [3.63, 3.8) is 0 Å². The molecule has 138 valence electrons. The summed E-state index contributed by atoms with van der Waals surface area (Å²) in [6.45, 7) is 2.38. The summed E-state index contributed by atoms with van der Waals surface area (Å²) in [6, 6.07) is 8.75. The Labute approximate surface area is 162 Å². The lowest BCUT2D eigenvalue weighted by molar-refractivity contribution is 0.0957. The van der Waals surface area contributed by atoms with Crippen molar-refractivity contribution < 1.29 is 9.53 Å². The van der Waals surface area contributed by atoms with E-state index < -0.39 is 0 Å². The number of carbonyl (C=O) groups excluding carboxylic acids is 1. The van der Waals surface area contributed by atoms with Gasteiger partial charge in [-0.25, -0.2) is 0 Å². The molecule has 1 amide bonds. The van der Waals surface area contributed by atoms with Gasteiger partial charge in [0.2, 0.25) is 0 Å². The fraction of sp³-hybridized carbons (Fsp3) is 0.389. The number of halogens is 2. The molecule has 6 nitrogen and oxygen atoms in total. The van der Waals surface area contributed by atoms with Gasteiger partial charge in [0.15, 0.2) is 11.5 Å². The fourth-order valence-electron chi connectivity index (χ4n) is 2.90. The van der Waals surface area contributed by atoms with Gasteiger partial charge in [-0.05, 0) is 49.1 Å². The number of amides is 1. The maximum atomic E-state index is 11.5. The second kappa shape index (κ2) is 8.56. The summed E-state index contributed by atoms with van der Waals surface area (Å²) in [7, 11) is 1.57. The second-order valence-corrected chi connectivity index (χ2v) is 7.08.